The maximum atomic E-state index is 10.0. The molecule has 0 aromatic carbocycles. The van der Waals surface area contributed by atoms with E-state index in [2.05, 4.69) is 27.7 Å². The molecular weight excluding hydrogens is 256 g/mol. The van der Waals surface area contributed by atoms with Crippen LogP contribution >= 0.6 is 0 Å². The van der Waals surface area contributed by atoms with Gasteiger partial charge in [0.15, 0.2) is 0 Å². The van der Waals surface area contributed by atoms with Crippen molar-refractivity contribution < 1.29 is 5.11 Å². The molecule has 0 bridgehead atoms. The Morgan fingerprint density at radius 2 is 1.05 bits per heavy atom. The lowest BCUT2D eigenvalue weighted by Gasteiger charge is -2.21. The molecule has 1 N–H and O–H groups in total. The molecule has 21 heavy (non-hydrogen) atoms. The van der Waals surface area contributed by atoms with Crippen LogP contribution in [0.1, 0.15) is 111 Å². The van der Waals surface area contributed by atoms with Crippen molar-refractivity contribution >= 4 is 0 Å². The first kappa shape index (κ1) is 21.0. The van der Waals surface area contributed by atoms with E-state index in [1.807, 2.05) is 0 Å². The number of hydrogen-bond donors (Lipinski definition) is 1. The number of rotatable bonds is 15. The van der Waals surface area contributed by atoms with Gasteiger partial charge in [-0.2, -0.15) is 0 Å². The van der Waals surface area contributed by atoms with E-state index >= 15 is 0 Å². The lowest BCUT2D eigenvalue weighted by Crippen LogP contribution is -2.13. The smallest absolute Gasteiger partial charge is 0.0540 e. The Labute approximate surface area is 134 Å². The van der Waals surface area contributed by atoms with Crippen molar-refractivity contribution in [3.63, 3.8) is 0 Å². The second-order valence-electron chi connectivity index (χ2n) is 7.24. The second kappa shape index (κ2) is 14.9. The summed E-state index contributed by atoms with van der Waals surface area (Å²) in [6.07, 6.45) is 16.6. The summed E-state index contributed by atoms with van der Waals surface area (Å²) in [4.78, 5) is 0. The van der Waals surface area contributed by atoms with Crippen LogP contribution in [0, 0.1) is 11.8 Å². The van der Waals surface area contributed by atoms with Crippen LogP contribution in [0.4, 0.5) is 0 Å². The molecule has 0 saturated carbocycles. The topological polar surface area (TPSA) is 20.2 Å². The van der Waals surface area contributed by atoms with Crippen LogP contribution in [-0.2, 0) is 0 Å². The average molecular weight is 299 g/mol. The van der Waals surface area contributed by atoms with Crippen molar-refractivity contribution in [1.82, 2.24) is 0 Å². The Balaban J connectivity index is 3.53. The molecule has 128 valence electrons. The van der Waals surface area contributed by atoms with Crippen molar-refractivity contribution in [3.05, 3.63) is 0 Å². The van der Waals surface area contributed by atoms with Crippen LogP contribution in [0.5, 0.6) is 0 Å². The van der Waals surface area contributed by atoms with Crippen LogP contribution < -0.4 is 0 Å². The number of aliphatic hydroxyl groups is 1. The maximum absolute atomic E-state index is 10.0. The first-order valence-corrected chi connectivity index (χ1v) is 9.79. The Kier molecular flexibility index (Phi) is 14.9. The number of aliphatic hydroxyl groups excluding tert-OH is 1. The van der Waals surface area contributed by atoms with Crippen LogP contribution in [0.25, 0.3) is 0 Å². The zero-order valence-corrected chi connectivity index (χ0v) is 15.4. The van der Waals surface area contributed by atoms with Gasteiger partial charge in [0.05, 0.1) is 6.10 Å². The van der Waals surface area contributed by atoms with Gasteiger partial charge in [-0.1, -0.05) is 91.9 Å². The highest BCUT2D eigenvalue weighted by molar-refractivity contribution is 4.66. The Morgan fingerprint density at radius 3 is 1.71 bits per heavy atom. The van der Waals surface area contributed by atoms with E-state index in [1.165, 1.54) is 70.6 Å². The largest absolute Gasteiger partial charge is 0.393 e. The zero-order valence-electron chi connectivity index (χ0n) is 15.4. The second-order valence-corrected chi connectivity index (χ2v) is 7.24. The van der Waals surface area contributed by atoms with Crippen molar-refractivity contribution in [1.29, 1.82) is 0 Å². The number of hydrogen-bond acceptors (Lipinski definition) is 1. The highest BCUT2D eigenvalue weighted by Gasteiger charge is 2.14. The van der Waals surface area contributed by atoms with Gasteiger partial charge in [-0.15, -0.1) is 0 Å². The summed E-state index contributed by atoms with van der Waals surface area (Å²) in [5.74, 6) is 1.58. The fraction of sp³-hybridized carbons (Fsp3) is 1.00. The van der Waals surface area contributed by atoms with Gasteiger partial charge in [-0.3, -0.25) is 0 Å². The molecule has 0 heterocycles. The molecule has 1 nitrogen and oxygen atoms in total. The highest BCUT2D eigenvalue weighted by atomic mass is 16.3. The van der Waals surface area contributed by atoms with E-state index in [0.717, 1.165) is 24.7 Å². The van der Waals surface area contributed by atoms with Gasteiger partial charge in [0.2, 0.25) is 0 Å². The molecule has 1 heteroatoms. The van der Waals surface area contributed by atoms with Gasteiger partial charge in [-0.05, 0) is 31.1 Å². The van der Waals surface area contributed by atoms with Gasteiger partial charge in [-0.25, -0.2) is 0 Å². The Bertz CT molecular complexity index is 202. The lowest BCUT2D eigenvalue weighted by molar-refractivity contribution is 0.137. The van der Waals surface area contributed by atoms with E-state index < -0.39 is 0 Å². The average Bonchev–Trinajstić information content (AvgIpc) is 2.48. The first-order chi connectivity index (χ1) is 10.1. The predicted octanol–water partition coefficient (Wildman–Crippen LogP) is 6.73. The quantitative estimate of drug-likeness (QED) is 0.332. The molecule has 0 aliphatic carbocycles. The fourth-order valence-electron chi connectivity index (χ4n) is 3.05. The first-order valence-electron chi connectivity index (χ1n) is 9.79. The van der Waals surface area contributed by atoms with Gasteiger partial charge < -0.3 is 5.11 Å². The van der Waals surface area contributed by atoms with Crippen molar-refractivity contribution in [2.45, 2.75) is 117 Å². The van der Waals surface area contributed by atoms with E-state index in [0.29, 0.717) is 0 Å². The molecule has 0 spiro atoms. The third-order valence-electron chi connectivity index (χ3n) is 5.08. The summed E-state index contributed by atoms with van der Waals surface area (Å²) >= 11 is 0. The molecule has 0 radical (unpaired) electrons. The maximum Gasteiger partial charge on any atom is 0.0540 e. The number of unbranched alkanes of at least 4 members (excludes halogenated alkanes) is 7. The van der Waals surface area contributed by atoms with Crippen molar-refractivity contribution in [2.24, 2.45) is 11.8 Å². The summed E-state index contributed by atoms with van der Waals surface area (Å²) in [7, 11) is 0. The molecule has 3 atom stereocenters. The summed E-state index contributed by atoms with van der Waals surface area (Å²) in [5, 5.41) is 10.0. The molecule has 0 saturated heterocycles. The summed E-state index contributed by atoms with van der Waals surface area (Å²) in [6, 6.07) is 0. The lowest BCUT2D eigenvalue weighted by atomic mass is 9.86. The highest BCUT2D eigenvalue weighted by Crippen LogP contribution is 2.24. The Hall–Kier alpha value is -0.0400. The van der Waals surface area contributed by atoms with E-state index in [4.69, 9.17) is 0 Å². The molecule has 0 aromatic heterocycles. The van der Waals surface area contributed by atoms with Crippen LogP contribution in [0.15, 0.2) is 0 Å². The molecule has 0 amide bonds. The normalized spacial score (nSPS) is 15.9. The zero-order chi connectivity index (χ0) is 15.9. The molecule has 0 rings (SSSR count). The predicted molar refractivity (Wildman–Crippen MR) is 95.7 cm³/mol. The molecular formula is C20H42O. The fourth-order valence-corrected chi connectivity index (χ4v) is 3.05. The van der Waals surface area contributed by atoms with Crippen LogP contribution in [-0.4, -0.2) is 11.2 Å². The van der Waals surface area contributed by atoms with E-state index in [9.17, 15) is 5.11 Å². The minimum Gasteiger partial charge on any atom is -0.393 e. The Morgan fingerprint density at radius 1 is 0.571 bits per heavy atom. The molecule has 0 fully saturated rings. The third-order valence-corrected chi connectivity index (χ3v) is 5.08. The van der Waals surface area contributed by atoms with Gasteiger partial charge >= 0.3 is 0 Å². The molecule has 0 aliphatic rings. The molecule has 0 aromatic rings. The van der Waals surface area contributed by atoms with Gasteiger partial charge in [0, 0.05) is 0 Å². The van der Waals surface area contributed by atoms with Crippen LogP contribution in [0.2, 0.25) is 0 Å². The SMILES string of the molecule is CCCCCCCCC(C)C(C)CCC(O)CCCCC. The van der Waals surface area contributed by atoms with E-state index in [-0.39, 0.29) is 6.10 Å². The van der Waals surface area contributed by atoms with Gasteiger partial charge in [0.25, 0.3) is 0 Å². The summed E-state index contributed by atoms with van der Waals surface area (Å²) in [5.41, 5.74) is 0. The van der Waals surface area contributed by atoms with Gasteiger partial charge in [0.1, 0.15) is 0 Å². The van der Waals surface area contributed by atoms with Crippen molar-refractivity contribution in [2.75, 3.05) is 0 Å². The minimum absolute atomic E-state index is 0.0553. The molecule has 0 aliphatic heterocycles. The van der Waals surface area contributed by atoms with Crippen LogP contribution in [0.3, 0.4) is 0 Å². The minimum atomic E-state index is -0.0553. The van der Waals surface area contributed by atoms with E-state index in [1.54, 1.807) is 0 Å². The third kappa shape index (κ3) is 13.4. The standard InChI is InChI=1S/C20H42O/c1-5-7-9-10-11-13-14-18(3)19(4)16-17-20(21)15-12-8-6-2/h18-21H,5-17H2,1-4H3. The monoisotopic (exact) mass is 298 g/mol. The van der Waals surface area contributed by atoms with Crippen molar-refractivity contribution in [3.8, 4) is 0 Å². The molecule has 3 unspecified atom stereocenters. The summed E-state index contributed by atoms with van der Waals surface area (Å²) < 4.78 is 0. The summed E-state index contributed by atoms with van der Waals surface area (Å²) in [6.45, 7) is 9.28.